The van der Waals surface area contributed by atoms with Crippen molar-refractivity contribution in [1.29, 1.82) is 0 Å². The Labute approximate surface area is 251 Å². The van der Waals surface area contributed by atoms with Gasteiger partial charge in [0, 0.05) is 12.8 Å². The van der Waals surface area contributed by atoms with Gasteiger partial charge in [-0.2, -0.15) is 0 Å². The van der Waals surface area contributed by atoms with E-state index in [1.807, 2.05) is 13.8 Å². The molecule has 0 aliphatic heterocycles. The Morgan fingerprint density at radius 2 is 1.35 bits per heavy atom. The van der Waals surface area contributed by atoms with E-state index < -0.39 is 84.7 Å². The maximum absolute atomic E-state index is 13.5. The number of rotatable bonds is 19. The maximum Gasteiger partial charge on any atom is 0.326 e. The van der Waals surface area contributed by atoms with Crippen molar-refractivity contribution in [2.24, 2.45) is 17.6 Å². The van der Waals surface area contributed by atoms with E-state index in [2.05, 4.69) is 21.3 Å². The molecule has 0 spiro atoms. The summed E-state index contributed by atoms with van der Waals surface area (Å²) < 4.78 is 0. The van der Waals surface area contributed by atoms with Gasteiger partial charge >= 0.3 is 11.9 Å². The number of carbonyl (C=O) groups is 6. The minimum atomic E-state index is -1.50. The normalized spacial score (nSPS) is 15.2. The summed E-state index contributed by atoms with van der Waals surface area (Å²) >= 11 is 0. The molecule has 0 unspecified atom stereocenters. The van der Waals surface area contributed by atoms with Gasteiger partial charge in [0.1, 0.15) is 24.2 Å². The molecule has 0 saturated carbocycles. The predicted octanol–water partition coefficient (Wildman–Crippen LogP) is -0.470. The Hall–Kier alpha value is -4.04. The standard InChI is InChI=1S/C29H45N5O9/c1-5-17(4)24(28(41)31-20(29(42)43)11-12-23(36)37)34-26(39)21(14-18-9-7-6-8-10-18)32-27(40)22(15-35)33-25(38)19(30)13-16(2)3/h6-10,16-17,19-22,24,35H,5,11-15,30H2,1-4H3,(H,31,41)(H,32,40)(H,33,38)(H,34,39)(H,36,37)(H,42,43)/t17-,19-,20-,21-,22-,24-/m0/s1. The summed E-state index contributed by atoms with van der Waals surface area (Å²) in [5.74, 6) is -6.12. The maximum atomic E-state index is 13.5. The number of nitrogens with two attached hydrogens (primary N) is 1. The molecular weight excluding hydrogens is 562 g/mol. The molecule has 1 aromatic rings. The van der Waals surface area contributed by atoms with Gasteiger partial charge in [0.05, 0.1) is 12.6 Å². The van der Waals surface area contributed by atoms with Crippen LogP contribution in [0.5, 0.6) is 0 Å². The van der Waals surface area contributed by atoms with Crippen LogP contribution in [0.3, 0.4) is 0 Å². The highest BCUT2D eigenvalue weighted by Crippen LogP contribution is 2.12. The fraction of sp³-hybridized carbons (Fsp3) is 0.586. The quantitative estimate of drug-likeness (QED) is 0.101. The number of hydrogen-bond acceptors (Lipinski definition) is 8. The summed E-state index contributed by atoms with van der Waals surface area (Å²) in [4.78, 5) is 74.8. The zero-order valence-corrected chi connectivity index (χ0v) is 25.0. The number of carboxylic acids is 2. The summed E-state index contributed by atoms with van der Waals surface area (Å²) in [6.45, 7) is 6.41. The van der Waals surface area contributed by atoms with Crippen LogP contribution in [0.25, 0.3) is 0 Å². The molecule has 0 bridgehead atoms. The Morgan fingerprint density at radius 3 is 1.86 bits per heavy atom. The molecule has 0 aliphatic rings. The second kappa shape index (κ2) is 18.5. The van der Waals surface area contributed by atoms with Crippen molar-refractivity contribution in [3.05, 3.63) is 35.9 Å². The number of aliphatic hydroxyl groups is 1. The molecule has 14 heteroatoms. The number of carbonyl (C=O) groups excluding carboxylic acids is 4. The van der Waals surface area contributed by atoms with E-state index in [9.17, 15) is 39.0 Å². The number of amides is 4. The van der Waals surface area contributed by atoms with Crippen molar-refractivity contribution in [3.63, 3.8) is 0 Å². The number of aliphatic hydroxyl groups excluding tert-OH is 1. The van der Waals surface area contributed by atoms with Gasteiger partial charge in [-0.25, -0.2) is 4.79 Å². The van der Waals surface area contributed by atoms with E-state index in [-0.39, 0.29) is 18.8 Å². The van der Waals surface area contributed by atoms with E-state index in [1.165, 1.54) is 0 Å². The van der Waals surface area contributed by atoms with Crippen molar-refractivity contribution in [3.8, 4) is 0 Å². The lowest BCUT2D eigenvalue weighted by Crippen LogP contribution is -2.60. The molecule has 240 valence electrons. The SMILES string of the molecule is CC[C@H](C)[C@H](NC(=O)[C@H](Cc1ccccc1)NC(=O)[C@H](CO)NC(=O)[C@@H](N)CC(C)C)C(=O)N[C@@H](CCC(=O)O)C(=O)O. The van der Waals surface area contributed by atoms with E-state index in [0.29, 0.717) is 18.4 Å². The van der Waals surface area contributed by atoms with Gasteiger partial charge in [-0.3, -0.25) is 24.0 Å². The average molecular weight is 608 g/mol. The highest BCUT2D eigenvalue weighted by Gasteiger charge is 2.34. The zero-order valence-electron chi connectivity index (χ0n) is 25.0. The molecule has 9 N–H and O–H groups in total. The molecule has 1 aromatic carbocycles. The van der Waals surface area contributed by atoms with Gasteiger partial charge in [0.2, 0.25) is 23.6 Å². The van der Waals surface area contributed by atoms with Crippen molar-refractivity contribution in [2.75, 3.05) is 6.61 Å². The number of nitrogens with one attached hydrogen (secondary N) is 4. The van der Waals surface area contributed by atoms with Crippen LogP contribution < -0.4 is 27.0 Å². The predicted molar refractivity (Wildman–Crippen MR) is 156 cm³/mol. The molecule has 4 amide bonds. The van der Waals surface area contributed by atoms with E-state index >= 15 is 0 Å². The van der Waals surface area contributed by atoms with Crippen LogP contribution in [0.2, 0.25) is 0 Å². The van der Waals surface area contributed by atoms with E-state index in [4.69, 9.17) is 10.8 Å². The Balaban J connectivity index is 3.19. The summed E-state index contributed by atoms with van der Waals surface area (Å²) in [6, 6.07) is 2.39. The Bertz CT molecular complexity index is 1100. The van der Waals surface area contributed by atoms with Gasteiger partial charge in [0.15, 0.2) is 0 Å². The largest absolute Gasteiger partial charge is 0.481 e. The van der Waals surface area contributed by atoms with Gasteiger partial charge in [-0.05, 0) is 30.2 Å². The molecule has 43 heavy (non-hydrogen) atoms. The molecule has 0 saturated heterocycles. The molecule has 14 nitrogen and oxygen atoms in total. The van der Waals surface area contributed by atoms with Crippen LogP contribution in [0.4, 0.5) is 0 Å². The van der Waals surface area contributed by atoms with Crippen LogP contribution in [0.1, 0.15) is 58.9 Å². The monoisotopic (exact) mass is 607 g/mol. The second-order valence-electron chi connectivity index (χ2n) is 10.9. The van der Waals surface area contributed by atoms with Crippen LogP contribution in [-0.4, -0.2) is 87.7 Å². The first kappa shape index (κ1) is 37.0. The molecule has 0 aliphatic carbocycles. The van der Waals surface area contributed by atoms with Crippen LogP contribution >= 0.6 is 0 Å². The lowest BCUT2D eigenvalue weighted by Gasteiger charge is -2.28. The number of benzene rings is 1. The van der Waals surface area contributed by atoms with Gasteiger partial charge in [-0.15, -0.1) is 0 Å². The molecule has 0 heterocycles. The first-order valence-electron chi connectivity index (χ1n) is 14.3. The van der Waals surface area contributed by atoms with Crippen LogP contribution in [0.15, 0.2) is 30.3 Å². The van der Waals surface area contributed by atoms with Crippen LogP contribution in [0, 0.1) is 11.8 Å². The smallest absolute Gasteiger partial charge is 0.326 e. The number of hydrogen-bond donors (Lipinski definition) is 8. The third-order valence-corrected chi connectivity index (χ3v) is 6.85. The third kappa shape index (κ3) is 13.2. The molecule has 1 rings (SSSR count). The van der Waals surface area contributed by atoms with E-state index in [0.717, 1.165) is 0 Å². The summed E-state index contributed by atoms with van der Waals surface area (Å²) in [6.07, 6.45) is -0.103. The summed E-state index contributed by atoms with van der Waals surface area (Å²) in [5, 5.41) is 38.0. The first-order valence-corrected chi connectivity index (χ1v) is 14.3. The van der Waals surface area contributed by atoms with Crippen molar-refractivity contribution in [2.45, 2.75) is 90.0 Å². The van der Waals surface area contributed by atoms with Gasteiger partial charge in [-0.1, -0.05) is 64.4 Å². The zero-order chi connectivity index (χ0) is 32.7. The minimum Gasteiger partial charge on any atom is -0.481 e. The van der Waals surface area contributed by atoms with Gasteiger partial charge < -0.3 is 42.3 Å². The highest BCUT2D eigenvalue weighted by atomic mass is 16.4. The van der Waals surface area contributed by atoms with E-state index in [1.54, 1.807) is 44.2 Å². The molecule has 0 fully saturated rings. The molecule has 6 atom stereocenters. The second-order valence-corrected chi connectivity index (χ2v) is 10.9. The highest BCUT2D eigenvalue weighted by molar-refractivity contribution is 5.95. The minimum absolute atomic E-state index is 0.0113. The number of carboxylic acid groups (broad SMARTS) is 2. The average Bonchev–Trinajstić information content (AvgIpc) is 2.95. The lowest BCUT2D eigenvalue weighted by atomic mass is 9.96. The number of aliphatic carboxylic acids is 2. The summed E-state index contributed by atoms with van der Waals surface area (Å²) in [5.41, 5.74) is 6.55. The fourth-order valence-corrected chi connectivity index (χ4v) is 4.16. The van der Waals surface area contributed by atoms with Crippen molar-refractivity contribution < 1.29 is 44.1 Å². The fourth-order valence-electron chi connectivity index (χ4n) is 4.16. The molecule has 0 aromatic heterocycles. The van der Waals surface area contributed by atoms with Crippen molar-refractivity contribution >= 4 is 35.6 Å². The topological polar surface area (TPSA) is 237 Å². The van der Waals surface area contributed by atoms with Gasteiger partial charge in [0.25, 0.3) is 0 Å². The first-order chi connectivity index (χ1) is 20.2. The lowest BCUT2D eigenvalue weighted by molar-refractivity contribution is -0.143. The Morgan fingerprint density at radius 1 is 0.791 bits per heavy atom. The Kier molecular flexibility index (Phi) is 15.9. The van der Waals surface area contributed by atoms with Crippen molar-refractivity contribution in [1.82, 2.24) is 21.3 Å². The van der Waals surface area contributed by atoms with Crippen LogP contribution in [-0.2, 0) is 35.2 Å². The molecular formula is C29H45N5O9. The molecule has 0 radical (unpaired) electrons. The third-order valence-electron chi connectivity index (χ3n) is 6.85. The summed E-state index contributed by atoms with van der Waals surface area (Å²) in [7, 11) is 0.